The molecule has 0 atom stereocenters. The standard InChI is InChI=1S/C13H14ClNO6.ClH/c14-10-5-6-11(9(8-16)13(10)15(19)20)21-7-3-1-2-4-12(17)18;/h5-6,8H,1-4,7H2,(H,17,18);1H. The van der Waals surface area contributed by atoms with Crippen LogP contribution in [0.2, 0.25) is 5.02 Å². The molecule has 0 radical (unpaired) electrons. The molecular weight excluding hydrogens is 337 g/mol. The van der Waals surface area contributed by atoms with E-state index in [-0.39, 0.29) is 41.8 Å². The van der Waals surface area contributed by atoms with E-state index in [2.05, 4.69) is 0 Å². The van der Waals surface area contributed by atoms with E-state index in [9.17, 15) is 19.7 Å². The van der Waals surface area contributed by atoms with Gasteiger partial charge in [0.1, 0.15) is 16.3 Å². The summed E-state index contributed by atoms with van der Waals surface area (Å²) in [6.07, 6.45) is 2.19. The van der Waals surface area contributed by atoms with Crippen LogP contribution in [0.4, 0.5) is 5.69 Å². The fourth-order valence-corrected chi connectivity index (χ4v) is 1.96. The van der Waals surface area contributed by atoms with Gasteiger partial charge in [-0.05, 0) is 31.4 Å². The summed E-state index contributed by atoms with van der Waals surface area (Å²) in [6, 6.07) is 2.70. The lowest BCUT2D eigenvalue weighted by atomic mass is 10.1. The lowest BCUT2D eigenvalue weighted by molar-refractivity contribution is -0.385. The van der Waals surface area contributed by atoms with E-state index in [0.717, 1.165) is 0 Å². The van der Waals surface area contributed by atoms with Crippen LogP contribution in [-0.2, 0) is 4.79 Å². The van der Waals surface area contributed by atoms with E-state index in [0.29, 0.717) is 25.5 Å². The fraction of sp³-hybridized carbons (Fsp3) is 0.385. The highest BCUT2D eigenvalue weighted by molar-refractivity contribution is 6.33. The highest BCUT2D eigenvalue weighted by Crippen LogP contribution is 2.33. The number of carboxylic acids is 1. The smallest absolute Gasteiger partial charge is 0.303 e. The summed E-state index contributed by atoms with van der Waals surface area (Å²) in [5.41, 5.74) is -0.673. The Balaban J connectivity index is 0.00000441. The summed E-state index contributed by atoms with van der Waals surface area (Å²) in [4.78, 5) is 31.5. The minimum Gasteiger partial charge on any atom is -0.493 e. The molecule has 1 aromatic carbocycles. The summed E-state index contributed by atoms with van der Waals surface area (Å²) >= 11 is 5.70. The van der Waals surface area contributed by atoms with Gasteiger partial charge >= 0.3 is 11.7 Å². The van der Waals surface area contributed by atoms with Crippen LogP contribution >= 0.6 is 24.0 Å². The van der Waals surface area contributed by atoms with Crippen molar-refractivity contribution in [3.63, 3.8) is 0 Å². The third kappa shape index (κ3) is 5.87. The Hall–Kier alpha value is -1.86. The molecule has 22 heavy (non-hydrogen) atoms. The Morgan fingerprint density at radius 1 is 1.36 bits per heavy atom. The minimum atomic E-state index is -0.854. The first kappa shape index (κ1) is 20.1. The average Bonchev–Trinajstić information content (AvgIpc) is 2.42. The zero-order valence-electron chi connectivity index (χ0n) is 11.5. The van der Waals surface area contributed by atoms with Crippen molar-refractivity contribution in [1.82, 2.24) is 0 Å². The summed E-state index contributed by atoms with van der Waals surface area (Å²) in [5, 5.41) is 19.2. The number of carbonyl (C=O) groups is 2. The van der Waals surface area contributed by atoms with E-state index in [1.54, 1.807) is 0 Å². The van der Waals surface area contributed by atoms with Crippen LogP contribution in [0.15, 0.2) is 12.1 Å². The maximum atomic E-state index is 11.0. The lowest BCUT2D eigenvalue weighted by Crippen LogP contribution is -2.03. The monoisotopic (exact) mass is 351 g/mol. The molecule has 0 aliphatic rings. The predicted molar refractivity (Wildman–Crippen MR) is 82.3 cm³/mol. The van der Waals surface area contributed by atoms with Gasteiger partial charge in [0.2, 0.25) is 0 Å². The molecule has 1 rings (SSSR count). The fourth-order valence-electron chi connectivity index (χ4n) is 1.73. The number of ether oxygens (including phenoxy) is 1. The van der Waals surface area contributed by atoms with Gasteiger partial charge < -0.3 is 9.84 Å². The van der Waals surface area contributed by atoms with Crippen molar-refractivity contribution in [2.75, 3.05) is 6.61 Å². The van der Waals surface area contributed by atoms with Crippen molar-refractivity contribution in [1.29, 1.82) is 0 Å². The molecule has 0 saturated carbocycles. The quantitative estimate of drug-likeness (QED) is 0.315. The third-order valence-corrected chi connectivity index (χ3v) is 3.03. The van der Waals surface area contributed by atoms with Crippen LogP contribution in [0, 0.1) is 10.1 Å². The highest BCUT2D eigenvalue weighted by atomic mass is 35.5. The topological polar surface area (TPSA) is 107 Å². The zero-order chi connectivity index (χ0) is 15.8. The maximum Gasteiger partial charge on any atom is 0.303 e. The molecule has 122 valence electrons. The Labute approximate surface area is 137 Å². The van der Waals surface area contributed by atoms with Gasteiger partial charge in [-0.15, -0.1) is 12.4 Å². The molecule has 9 heteroatoms. The van der Waals surface area contributed by atoms with Crippen molar-refractivity contribution < 1.29 is 24.4 Å². The summed E-state index contributed by atoms with van der Waals surface area (Å²) in [5.74, 6) is -0.758. The van der Waals surface area contributed by atoms with Gasteiger partial charge in [0.05, 0.1) is 11.5 Å². The number of nitro benzene ring substituents is 1. The molecule has 0 heterocycles. The number of carbonyl (C=O) groups excluding carboxylic acids is 1. The van der Waals surface area contributed by atoms with Crippen LogP contribution in [0.25, 0.3) is 0 Å². The number of rotatable bonds is 9. The molecule has 1 N–H and O–H groups in total. The number of aliphatic carboxylic acids is 1. The molecule has 0 aromatic heterocycles. The molecule has 7 nitrogen and oxygen atoms in total. The molecule has 0 aliphatic heterocycles. The van der Waals surface area contributed by atoms with Crippen molar-refractivity contribution in [2.24, 2.45) is 0 Å². The van der Waals surface area contributed by atoms with Crippen LogP contribution in [0.1, 0.15) is 36.0 Å². The van der Waals surface area contributed by atoms with Crippen LogP contribution in [0.3, 0.4) is 0 Å². The molecule has 0 amide bonds. The van der Waals surface area contributed by atoms with Gasteiger partial charge in [-0.25, -0.2) is 0 Å². The average molecular weight is 352 g/mol. The van der Waals surface area contributed by atoms with Gasteiger partial charge in [0.25, 0.3) is 0 Å². The molecule has 0 aliphatic carbocycles. The Kier molecular flexibility index (Phi) is 9.12. The number of aldehydes is 1. The Morgan fingerprint density at radius 2 is 2.05 bits per heavy atom. The first-order valence-corrected chi connectivity index (χ1v) is 6.61. The van der Waals surface area contributed by atoms with Gasteiger partial charge in [-0.3, -0.25) is 19.7 Å². The van der Waals surface area contributed by atoms with Crippen molar-refractivity contribution in [3.05, 3.63) is 32.8 Å². The van der Waals surface area contributed by atoms with E-state index in [4.69, 9.17) is 21.4 Å². The number of unbranched alkanes of at least 4 members (excludes halogenated alkanes) is 2. The second-order valence-corrected chi connectivity index (χ2v) is 4.64. The van der Waals surface area contributed by atoms with Crippen molar-refractivity contribution >= 4 is 42.0 Å². The maximum absolute atomic E-state index is 11.0. The Bertz CT molecular complexity index is 550. The molecule has 0 bridgehead atoms. The minimum absolute atomic E-state index is 0. The SMILES string of the molecule is Cl.O=Cc1c(OCCCCCC(=O)O)ccc(Cl)c1[N+](=O)[O-]. The molecule has 0 spiro atoms. The molecule has 0 fully saturated rings. The van der Waals surface area contributed by atoms with Crippen LogP contribution in [0.5, 0.6) is 5.75 Å². The third-order valence-electron chi connectivity index (χ3n) is 2.72. The zero-order valence-corrected chi connectivity index (χ0v) is 13.1. The van der Waals surface area contributed by atoms with Crippen molar-refractivity contribution in [2.45, 2.75) is 25.7 Å². The second kappa shape index (κ2) is 9.97. The van der Waals surface area contributed by atoms with Gasteiger partial charge in [-0.1, -0.05) is 11.6 Å². The largest absolute Gasteiger partial charge is 0.493 e. The van der Waals surface area contributed by atoms with E-state index in [1.165, 1.54) is 12.1 Å². The number of hydrogen-bond donors (Lipinski definition) is 1. The Morgan fingerprint density at radius 3 is 2.59 bits per heavy atom. The summed E-state index contributed by atoms with van der Waals surface area (Å²) in [6.45, 7) is 0.235. The number of carboxylic acid groups (broad SMARTS) is 1. The number of nitro groups is 1. The van der Waals surface area contributed by atoms with Gasteiger partial charge in [-0.2, -0.15) is 0 Å². The number of hydrogen-bond acceptors (Lipinski definition) is 5. The number of benzene rings is 1. The summed E-state index contributed by atoms with van der Waals surface area (Å²) in [7, 11) is 0. The second-order valence-electron chi connectivity index (χ2n) is 4.24. The van der Waals surface area contributed by atoms with Crippen molar-refractivity contribution in [3.8, 4) is 5.75 Å². The molecular formula is C13H15Cl2NO6. The van der Waals surface area contributed by atoms with Crippen LogP contribution in [-0.4, -0.2) is 28.9 Å². The van der Waals surface area contributed by atoms with Gasteiger partial charge in [0, 0.05) is 6.42 Å². The predicted octanol–water partition coefficient (Wildman–Crippen LogP) is 3.51. The summed E-state index contributed by atoms with van der Waals surface area (Å²) < 4.78 is 5.34. The lowest BCUT2D eigenvalue weighted by Gasteiger charge is -2.09. The normalized spacial score (nSPS) is 9.68. The molecule has 0 saturated heterocycles. The van der Waals surface area contributed by atoms with Crippen LogP contribution < -0.4 is 4.74 Å². The van der Waals surface area contributed by atoms with Gasteiger partial charge in [0.15, 0.2) is 6.29 Å². The number of halogens is 2. The van der Waals surface area contributed by atoms with E-state index in [1.807, 2.05) is 0 Å². The molecule has 1 aromatic rings. The first-order valence-electron chi connectivity index (χ1n) is 6.24. The molecule has 0 unspecified atom stereocenters. The van der Waals surface area contributed by atoms with E-state index < -0.39 is 16.6 Å². The number of nitrogens with zero attached hydrogens (tertiary/aromatic N) is 1. The first-order chi connectivity index (χ1) is 9.97. The highest BCUT2D eigenvalue weighted by Gasteiger charge is 2.22. The van der Waals surface area contributed by atoms with E-state index >= 15 is 0 Å².